The molecule has 2 N–H and O–H groups in total. The van der Waals surface area contributed by atoms with E-state index >= 15 is 0 Å². The van der Waals surface area contributed by atoms with E-state index in [-0.39, 0.29) is 16.8 Å². The minimum absolute atomic E-state index is 0.0521. The number of nitrogens with one attached hydrogen (secondary N) is 1. The number of aliphatic hydroxyl groups is 1. The van der Waals surface area contributed by atoms with E-state index in [4.69, 9.17) is 11.6 Å². The molecule has 1 aliphatic rings. The lowest BCUT2D eigenvalue weighted by Gasteiger charge is -2.22. The minimum Gasteiger partial charge on any atom is -0.369 e. The summed E-state index contributed by atoms with van der Waals surface area (Å²) in [4.78, 5) is 24.7. The maximum atomic E-state index is 12.2. The fourth-order valence-electron chi connectivity index (χ4n) is 2.06. The third kappa shape index (κ3) is 4.03. The summed E-state index contributed by atoms with van der Waals surface area (Å²) in [5, 5.41) is 13.0. The number of carbonyl (C=O) groups excluding carboxylic acids is 2. The number of carbonyl (C=O) groups is 2. The van der Waals surface area contributed by atoms with Crippen LogP contribution in [-0.4, -0.2) is 40.3 Å². The zero-order chi connectivity index (χ0) is 16.1. The van der Waals surface area contributed by atoms with E-state index < -0.39 is 6.23 Å². The summed E-state index contributed by atoms with van der Waals surface area (Å²) in [5.74, 6) is 0.0451. The molecule has 118 valence electrons. The quantitative estimate of drug-likeness (QED) is 0.773. The number of aliphatic hydroxyl groups excluding tert-OH is 1. The Balaban J connectivity index is 1.97. The minimum atomic E-state index is -1.04. The summed E-state index contributed by atoms with van der Waals surface area (Å²) in [5.41, 5.74) is 0.920. The molecular weight excluding hydrogens is 324 g/mol. The molecule has 22 heavy (non-hydrogen) atoms. The number of rotatable bonds is 6. The first-order valence-electron chi connectivity index (χ1n) is 6.80. The van der Waals surface area contributed by atoms with Gasteiger partial charge in [-0.3, -0.25) is 9.59 Å². The van der Waals surface area contributed by atoms with E-state index in [1.54, 1.807) is 0 Å². The largest absolute Gasteiger partial charge is 0.369 e. The Hall–Kier alpha value is -1.50. The number of hydrogen-bond acceptors (Lipinski definition) is 4. The Kier molecular flexibility index (Phi) is 5.88. The zero-order valence-corrected chi connectivity index (χ0v) is 13.7. The number of amides is 2. The predicted octanol–water partition coefficient (Wildman–Crippen LogP) is 1.67. The molecule has 2 rings (SSSR count). The van der Waals surface area contributed by atoms with Crippen LogP contribution < -0.4 is 5.32 Å². The van der Waals surface area contributed by atoms with Crippen LogP contribution in [0, 0.1) is 0 Å². The summed E-state index contributed by atoms with van der Waals surface area (Å²) in [7, 11) is 0. The summed E-state index contributed by atoms with van der Waals surface area (Å²) in [6.45, 7) is 2.19. The van der Waals surface area contributed by atoms with Gasteiger partial charge < -0.3 is 15.3 Å². The molecule has 0 saturated carbocycles. The first-order chi connectivity index (χ1) is 10.5. The van der Waals surface area contributed by atoms with Crippen molar-refractivity contribution >= 4 is 35.2 Å². The Morgan fingerprint density at radius 3 is 2.73 bits per heavy atom. The summed E-state index contributed by atoms with van der Waals surface area (Å²) in [6, 6.07) is 9.41. The van der Waals surface area contributed by atoms with Crippen molar-refractivity contribution in [2.24, 2.45) is 0 Å². The van der Waals surface area contributed by atoms with Gasteiger partial charge in [-0.25, -0.2) is 0 Å². The Morgan fingerprint density at radius 1 is 1.41 bits per heavy atom. The Bertz CT molecular complexity index is 592. The van der Waals surface area contributed by atoms with E-state index in [2.05, 4.69) is 5.32 Å². The zero-order valence-electron chi connectivity index (χ0n) is 12.1. The number of thioether (sulfide) groups is 1. The van der Waals surface area contributed by atoms with Crippen LogP contribution in [-0.2, 0) is 16.1 Å². The van der Waals surface area contributed by atoms with Crippen LogP contribution in [0.5, 0.6) is 0 Å². The van der Waals surface area contributed by atoms with Crippen LogP contribution in [0.2, 0.25) is 0 Å². The molecular formula is C15H17ClN2O3S. The van der Waals surface area contributed by atoms with Gasteiger partial charge in [0, 0.05) is 25.8 Å². The molecule has 1 aliphatic heterocycles. The van der Waals surface area contributed by atoms with Crippen LogP contribution >= 0.6 is 23.4 Å². The summed E-state index contributed by atoms with van der Waals surface area (Å²) < 4.78 is 0. The molecule has 0 aliphatic carbocycles. The molecule has 1 heterocycles. The molecule has 1 aromatic rings. The lowest BCUT2D eigenvalue weighted by atomic mass is 10.2. The maximum Gasteiger partial charge on any atom is 0.268 e. The first kappa shape index (κ1) is 16.9. The highest BCUT2D eigenvalue weighted by Crippen LogP contribution is 2.35. The molecule has 5 nitrogen and oxygen atoms in total. The van der Waals surface area contributed by atoms with Gasteiger partial charge in [-0.15, -0.1) is 11.8 Å². The summed E-state index contributed by atoms with van der Waals surface area (Å²) >= 11 is 7.33. The van der Waals surface area contributed by atoms with Gasteiger partial charge in [0.25, 0.3) is 5.91 Å². The molecule has 1 aromatic carbocycles. The van der Waals surface area contributed by atoms with E-state index in [0.29, 0.717) is 23.7 Å². The van der Waals surface area contributed by atoms with Gasteiger partial charge in [-0.1, -0.05) is 41.9 Å². The number of nitrogens with zero attached hydrogens (tertiary/aromatic N) is 1. The van der Waals surface area contributed by atoms with Crippen molar-refractivity contribution in [2.45, 2.75) is 19.7 Å². The highest BCUT2D eigenvalue weighted by molar-refractivity contribution is 8.03. The van der Waals surface area contributed by atoms with Crippen LogP contribution in [0.15, 0.2) is 40.3 Å². The van der Waals surface area contributed by atoms with Crippen molar-refractivity contribution in [3.63, 3.8) is 0 Å². The van der Waals surface area contributed by atoms with Crippen LogP contribution in [0.3, 0.4) is 0 Å². The van der Waals surface area contributed by atoms with Crippen molar-refractivity contribution in [1.82, 2.24) is 10.2 Å². The predicted molar refractivity (Wildman–Crippen MR) is 87.0 cm³/mol. The first-order valence-corrected chi connectivity index (χ1v) is 8.17. The van der Waals surface area contributed by atoms with Crippen LogP contribution in [0.1, 0.15) is 12.5 Å². The van der Waals surface area contributed by atoms with E-state index in [0.717, 1.165) is 5.56 Å². The molecule has 0 radical (unpaired) electrons. The van der Waals surface area contributed by atoms with Crippen molar-refractivity contribution < 1.29 is 14.7 Å². The SMILES string of the molecule is CC(=O)NCCSC1=C(Cl)C(=O)N(Cc2ccccc2)C1O. The van der Waals surface area contributed by atoms with Crippen molar-refractivity contribution in [1.29, 1.82) is 0 Å². The second-order valence-corrected chi connectivity index (χ2v) is 6.32. The lowest BCUT2D eigenvalue weighted by Crippen LogP contribution is -2.34. The number of benzene rings is 1. The average molecular weight is 341 g/mol. The van der Waals surface area contributed by atoms with E-state index in [1.807, 2.05) is 30.3 Å². The van der Waals surface area contributed by atoms with E-state index in [1.165, 1.54) is 23.6 Å². The van der Waals surface area contributed by atoms with Gasteiger partial charge in [-0.2, -0.15) is 0 Å². The Labute approximate surface area is 138 Å². The fraction of sp³-hybridized carbons (Fsp3) is 0.333. The molecule has 0 fully saturated rings. The van der Waals surface area contributed by atoms with Gasteiger partial charge in [-0.05, 0) is 5.56 Å². The van der Waals surface area contributed by atoms with Gasteiger partial charge in [0.05, 0.1) is 4.91 Å². The topological polar surface area (TPSA) is 69.6 Å². The maximum absolute atomic E-state index is 12.2. The van der Waals surface area contributed by atoms with Crippen molar-refractivity contribution in [3.8, 4) is 0 Å². The second kappa shape index (κ2) is 7.67. The van der Waals surface area contributed by atoms with Gasteiger partial charge in [0.15, 0.2) is 6.23 Å². The smallest absolute Gasteiger partial charge is 0.268 e. The monoisotopic (exact) mass is 340 g/mol. The van der Waals surface area contributed by atoms with Gasteiger partial charge in [0.1, 0.15) is 5.03 Å². The molecule has 1 atom stereocenters. The third-order valence-electron chi connectivity index (χ3n) is 3.12. The number of halogens is 1. The molecule has 0 saturated heterocycles. The highest BCUT2D eigenvalue weighted by Gasteiger charge is 2.37. The van der Waals surface area contributed by atoms with Crippen LogP contribution in [0.25, 0.3) is 0 Å². The lowest BCUT2D eigenvalue weighted by molar-refractivity contribution is -0.132. The van der Waals surface area contributed by atoms with Gasteiger partial charge >= 0.3 is 0 Å². The van der Waals surface area contributed by atoms with Crippen molar-refractivity contribution in [3.05, 3.63) is 45.8 Å². The molecule has 0 bridgehead atoms. The van der Waals surface area contributed by atoms with Crippen LogP contribution in [0.4, 0.5) is 0 Å². The molecule has 1 unspecified atom stereocenters. The molecule has 2 amide bonds. The van der Waals surface area contributed by atoms with Crippen molar-refractivity contribution in [2.75, 3.05) is 12.3 Å². The number of hydrogen-bond donors (Lipinski definition) is 2. The average Bonchev–Trinajstić information content (AvgIpc) is 2.69. The molecule has 0 spiro atoms. The Morgan fingerprint density at radius 2 is 2.09 bits per heavy atom. The van der Waals surface area contributed by atoms with Gasteiger partial charge in [0.2, 0.25) is 5.91 Å². The summed E-state index contributed by atoms with van der Waals surface area (Å²) in [6.07, 6.45) is -1.04. The highest BCUT2D eigenvalue weighted by atomic mass is 35.5. The standard InChI is InChI=1S/C15H17ClN2O3S/c1-10(19)17-7-8-22-13-12(16)14(20)18(15(13)21)9-11-5-3-2-4-6-11/h2-6,15,21H,7-9H2,1H3,(H,17,19). The fourth-order valence-corrected chi connectivity index (χ4v) is 3.35. The molecule has 0 aromatic heterocycles. The normalized spacial score (nSPS) is 18.0. The second-order valence-electron chi connectivity index (χ2n) is 4.80. The third-order valence-corrected chi connectivity index (χ3v) is 4.74. The van der Waals surface area contributed by atoms with E-state index in [9.17, 15) is 14.7 Å². The molecule has 7 heteroatoms.